The minimum atomic E-state index is 0.399. The maximum atomic E-state index is 6.34. The average Bonchev–Trinajstić information content (AvgIpc) is 2.92. The van der Waals surface area contributed by atoms with Crippen LogP contribution < -0.4 is 9.30 Å². The summed E-state index contributed by atoms with van der Waals surface area (Å²) in [6, 6.07) is 11.1. The van der Waals surface area contributed by atoms with Crippen molar-refractivity contribution in [1.29, 1.82) is 0 Å². The summed E-state index contributed by atoms with van der Waals surface area (Å²) >= 11 is 0. The number of nitrogens with zero attached hydrogens (tertiary/aromatic N) is 1. The Hall–Kier alpha value is -1.57. The van der Waals surface area contributed by atoms with Crippen molar-refractivity contribution in [3.63, 3.8) is 0 Å². The predicted octanol–water partition coefficient (Wildman–Crippen LogP) is 4.03. The Kier molecular flexibility index (Phi) is 3.41. The second-order valence-electron chi connectivity index (χ2n) is 5.73. The zero-order valence-electron chi connectivity index (χ0n) is 11.8. The van der Waals surface area contributed by atoms with E-state index in [0.29, 0.717) is 12.1 Å². The molecule has 0 atom stereocenters. The minimum absolute atomic E-state index is 0.399. The summed E-state index contributed by atoms with van der Waals surface area (Å²) in [6.07, 6.45) is 7.55. The number of rotatable bonds is 3. The van der Waals surface area contributed by atoms with E-state index in [1.165, 1.54) is 36.5 Å². The van der Waals surface area contributed by atoms with E-state index in [4.69, 9.17) is 4.74 Å². The number of benzene rings is 1. The third-order valence-electron chi connectivity index (χ3n) is 3.98. The number of hydrogen-bond donors (Lipinski definition) is 0. The van der Waals surface area contributed by atoms with E-state index in [1.54, 1.807) is 0 Å². The van der Waals surface area contributed by atoms with Gasteiger partial charge in [0.2, 0.25) is 0 Å². The fourth-order valence-electron chi connectivity index (χ4n) is 2.90. The summed E-state index contributed by atoms with van der Waals surface area (Å²) in [5.74, 6) is 1.04. The number of hydrogen-bond acceptors (Lipinski definition) is 1. The van der Waals surface area contributed by atoms with Gasteiger partial charge < -0.3 is 4.74 Å². The molecule has 0 amide bonds. The second kappa shape index (κ2) is 5.20. The molecule has 0 unspecified atom stereocenters. The fourth-order valence-corrected chi connectivity index (χ4v) is 2.90. The standard InChI is InChI=1S/C17H22NO/c1-13(2)18-12-11-14-7-3-6-10-16(14)17(18)19-15-8-4-5-9-15/h3,6-7,10-13,15H,4-5,8-9H2,1-2H3/q+1. The first-order chi connectivity index (χ1) is 9.25. The van der Waals surface area contributed by atoms with Crippen LogP contribution in [0.25, 0.3) is 10.8 Å². The van der Waals surface area contributed by atoms with Crippen molar-refractivity contribution >= 4 is 10.8 Å². The fraction of sp³-hybridized carbons (Fsp3) is 0.471. The molecule has 1 fully saturated rings. The summed E-state index contributed by atoms with van der Waals surface area (Å²) in [5.41, 5.74) is 0. The van der Waals surface area contributed by atoms with E-state index in [0.717, 1.165) is 5.88 Å². The number of aromatic nitrogens is 1. The van der Waals surface area contributed by atoms with Gasteiger partial charge in [0, 0.05) is 6.07 Å². The zero-order chi connectivity index (χ0) is 13.2. The Bertz CT molecular complexity index is 570. The lowest BCUT2D eigenvalue weighted by Crippen LogP contribution is -2.39. The van der Waals surface area contributed by atoms with Crippen LogP contribution in [0.15, 0.2) is 36.5 Å². The molecule has 0 N–H and O–H groups in total. The molecule has 2 heteroatoms. The molecule has 1 heterocycles. The van der Waals surface area contributed by atoms with Crippen LogP contribution in [-0.2, 0) is 0 Å². The Morgan fingerprint density at radius 3 is 2.58 bits per heavy atom. The first-order valence-electron chi connectivity index (χ1n) is 7.35. The van der Waals surface area contributed by atoms with Gasteiger partial charge in [-0.25, -0.2) is 0 Å². The van der Waals surface area contributed by atoms with Gasteiger partial charge in [0.15, 0.2) is 12.2 Å². The van der Waals surface area contributed by atoms with Crippen molar-refractivity contribution < 1.29 is 9.30 Å². The van der Waals surface area contributed by atoms with Gasteiger partial charge in [0.1, 0.15) is 6.10 Å². The predicted molar refractivity (Wildman–Crippen MR) is 77.4 cm³/mol. The summed E-state index contributed by atoms with van der Waals surface area (Å²) in [7, 11) is 0. The molecule has 0 saturated heterocycles. The molecule has 0 bridgehead atoms. The highest BCUT2D eigenvalue weighted by Crippen LogP contribution is 2.28. The van der Waals surface area contributed by atoms with Crippen LogP contribution in [0.1, 0.15) is 45.6 Å². The first kappa shape index (κ1) is 12.5. The Morgan fingerprint density at radius 2 is 1.84 bits per heavy atom. The van der Waals surface area contributed by atoms with E-state index in [-0.39, 0.29) is 0 Å². The van der Waals surface area contributed by atoms with Gasteiger partial charge in [-0.3, -0.25) is 0 Å². The van der Waals surface area contributed by atoms with Crippen LogP contribution >= 0.6 is 0 Å². The number of pyridine rings is 1. The van der Waals surface area contributed by atoms with Gasteiger partial charge in [0.05, 0.1) is 5.39 Å². The highest BCUT2D eigenvalue weighted by atomic mass is 16.5. The summed E-state index contributed by atoms with van der Waals surface area (Å²) < 4.78 is 8.59. The van der Waals surface area contributed by atoms with Gasteiger partial charge >= 0.3 is 5.88 Å². The van der Waals surface area contributed by atoms with E-state index in [2.05, 4.69) is 54.9 Å². The van der Waals surface area contributed by atoms with Gasteiger partial charge in [-0.15, -0.1) is 0 Å². The quantitative estimate of drug-likeness (QED) is 0.756. The molecule has 1 aliphatic rings. The first-order valence-corrected chi connectivity index (χ1v) is 7.35. The number of fused-ring (bicyclic) bond motifs is 1. The van der Waals surface area contributed by atoms with Crippen LogP contribution in [0.4, 0.5) is 0 Å². The average molecular weight is 256 g/mol. The molecule has 100 valence electrons. The lowest BCUT2D eigenvalue weighted by molar-refractivity contribution is -0.720. The third-order valence-corrected chi connectivity index (χ3v) is 3.98. The zero-order valence-corrected chi connectivity index (χ0v) is 11.8. The van der Waals surface area contributed by atoms with Crippen molar-refractivity contribution in [3.05, 3.63) is 36.5 Å². The Morgan fingerprint density at radius 1 is 1.11 bits per heavy atom. The number of ether oxygens (including phenoxy) is 1. The van der Waals surface area contributed by atoms with Gasteiger partial charge in [-0.2, -0.15) is 4.57 Å². The van der Waals surface area contributed by atoms with Crippen LogP contribution in [0.2, 0.25) is 0 Å². The van der Waals surface area contributed by atoms with Crippen molar-refractivity contribution in [2.75, 3.05) is 0 Å². The molecule has 19 heavy (non-hydrogen) atoms. The van der Waals surface area contributed by atoms with E-state index >= 15 is 0 Å². The van der Waals surface area contributed by atoms with Gasteiger partial charge in [-0.05, 0) is 51.0 Å². The Labute approximate surface area is 115 Å². The smallest absolute Gasteiger partial charge is 0.376 e. The molecule has 1 aromatic carbocycles. The topological polar surface area (TPSA) is 13.1 Å². The molecule has 1 saturated carbocycles. The van der Waals surface area contributed by atoms with Crippen molar-refractivity contribution in [1.82, 2.24) is 0 Å². The molecule has 1 aliphatic carbocycles. The second-order valence-corrected chi connectivity index (χ2v) is 5.73. The molecule has 2 aromatic rings. The summed E-state index contributed by atoms with van der Waals surface area (Å²) in [6.45, 7) is 4.41. The molecule has 2 nitrogen and oxygen atoms in total. The maximum absolute atomic E-state index is 6.34. The summed E-state index contributed by atoms with van der Waals surface area (Å²) in [5, 5.41) is 2.48. The van der Waals surface area contributed by atoms with Crippen LogP contribution in [0.3, 0.4) is 0 Å². The van der Waals surface area contributed by atoms with Crippen LogP contribution in [-0.4, -0.2) is 6.10 Å². The molecule has 0 spiro atoms. The van der Waals surface area contributed by atoms with Gasteiger partial charge in [0.25, 0.3) is 0 Å². The van der Waals surface area contributed by atoms with E-state index in [1.807, 2.05) is 0 Å². The largest absolute Gasteiger partial charge is 0.441 e. The molecule has 0 aliphatic heterocycles. The van der Waals surface area contributed by atoms with Gasteiger partial charge in [-0.1, -0.05) is 18.2 Å². The highest BCUT2D eigenvalue weighted by molar-refractivity contribution is 5.85. The van der Waals surface area contributed by atoms with Crippen LogP contribution in [0, 0.1) is 0 Å². The third kappa shape index (κ3) is 2.44. The van der Waals surface area contributed by atoms with Crippen molar-refractivity contribution in [2.45, 2.75) is 51.7 Å². The van der Waals surface area contributed by atoms with E-state index in [9.17, 15) is 0 Å². The highest BCUT2D eigenvalue weighted by Gasteiger charge is 2.25. The van der Waals surface area contributed by atoms with Crippen molar-refractivity contribution in [3.8, 4) is 5.88 Å². The normalized spacial score (nSPS) is 16.4. The van der Waals surface area contributed by atoms with E-state index < -0.39 is 0 Å². The molecular formula is C17H22NO+. The lowest BCUT2D eigenvalue weighted by atomic mass is 10.1. The molecule has 3 rings (SSSR count). The minimum Gasteiger partial charge on any atom is -0.441 e. The molecule has 0 radical (unpaired) electrons. The monoisotopic (exact) mass is 256 g/mol. The summed E-state index contributed by atoms with van der Waals surface area (Å²) in [4.78, 5) is 0. The van der Waals surface area contributed by atoms with Crippen LogP contribution in [0.5, 0.6) is 5.88 Å². The SMILES string of the molecule is CC(C)[n+]1ccc2ccccc2c1OC1CCCC1. The van der Waals surface area contributed by atoms with Crippen molar-refractivity contribution in [2.24, 2.45) is 0 Å². The Balaban J connectivity index is 2.08. The lowest BCUT2D eigenvalue weighted by Gasteiger charge is -2.15. The molecule has 1 aromatic heterocycles. The molecular weight excluding hydrogens is 234 g/mol. The maximum Gasteiger partial charge on any atom is 0.376 e.